The van der Waals surface area contributed by atoms with Crippen molar-refractivity contribution in [3.05, 3.63) is 18.2 Å². The number of benzene rings is 1. The minimum absolute atomic E-state index is 0.0683. The third-order valence-electron chi connectivity index (χ3n) is 4.02. The number of hydrogen-bond acceptors (Lipinski definition) is 6. The lowest BCUT2D eigenvalue weighted by Crippen LogP contribution is -2.46. The molecule has 6 nitrogen and oxygen atoms in total. The smallest absolute Gasteiger partial charge is 0.245 e. The Kier molecular flexibility index (Phi) is 3.96. The number of ether oxygens (including phenoxy) is 1. The number of aromatic nitrogens is 2. The molecular weight excluding hydrogens is 310 g/mol. The van der Waals surface area contributed by atoms with Crippen LogP contribution in [0.4, 0.5) is 0 Å². The average Bonchev–Trinajstić information content (AvgIpc) is 2.95. The minimum Gasteiger partial charge on any atom is -0.380 e. The Morgan fingerprint density at radius 1 is 1.38 bits per heavy atom. The van der Waals surface area contributed by atoms with Crippen LogP contribution in [0.2, 0.25) is 0 Å². The summed E-state index contributed by atoms with van der Waals surface area (Å²) in [6, 6.07) is 5.07. The molecule has 2 aromatic rings. The van der Waals surface area contributed by atoms with Crippen LogP contribution in [0, 0.1) is 5.92 Å². The predicted molar refractivity (Wildman–Crippen MR) is 80.8 cm³/mol. The summed E-state index contributed by atoms with van der Waals surface area (Å²) >= 11 is 1.03. The molecule has 0 N–H and O–H groups in total. The highest BCUT2D eigenvalue weighted by Crippen LogP contribution is 2.28. The molecule has 0 saturated carbocycles. The van der Waals surface area contributed by atoms with Crippen molar-refractivity contribution in [3.63, 3.8) is 0 Å². The highest BCUT2D eigenvalue weighted by Gasteiger charge is 2.35. The summed E-state index contributed by atoms with van der Waals surface area (Å²) < 4.78 is 40.9. The molecule has 2 unspecified atom stereocenters. The summed E-state index contributed by atoms with van der Waals surface area (Å²) in [5, 5.41) is 0. The molecule has 1 aromatic heterocycles. The molecule has 0 aliphatic carbocycles. The normalized spacial score (nSPS) is 24.5. The van der Waals surface area contributed by atoms with Crippen LogP contribution in [0.1, 0.15) is 13.3 Å². The van der Waals surface area contributed by atoms with Crippen molar-refractivity contribution >= 4 is 32.8 Å². The molecule has 0 spiro atoms. The Hall–Kier alpha value is -1.09. The lowest BCUT2D eigenvalue weighted by Gasteiger charge is -2.35. The van der Waals surface area contributed by atoms with Gasteiger partial charge in [0.15, 0.2) is 0 Å². The van der Waals surface area contributed by atoms with E-state index >= 15 is 0 Å². The highest BCUT2D eigenvalue weighted by molar-refractivity contribution is 7.89. The quantitative estimate of drug-likeness (QED) is 0.858. The van der Waals surface area contributed by atoms with E-state index in [2.05, 4.69) is 15.7 Å². The van der Waals surface area contributed by atoms with Crippen molar-refractivity contribution in [2.24, 2.45) is 5.92 Å². The first kappa shape index (κ1) is 14.8. The molecule has 1 aromatic carbocycles. The minimum atomic E-state index is -3.57. The van der Waals surface area contributed by atoms with Gasteiger partial charge in [-0.25, -0.2) is 8.42 Å². The predicted octanol–water partition coefficient (Wildman–Crippen LogP) is 1.74. The van der Waals surface area contributed by atoms with Crippen LogP contribution in [-0.2, 0) is 14.8 Å². The van der Waals surface area contributed by atoms with Gasteiger partial charge in [-0.1, -0.05) is 13.0 Å². The highest BCUT2D eigenvalue weighted by atomic mass is 32.2. The van der Waals surface area contributed by atoms with Crippen LogP contribution in [-0.4, -0.2) is 47.8 Å². The van der Waals surface area contributed by atoms with E-state index in [0.717, 1.165) is 18.1 Å². The summed E-state index contributed by atoms with van der Waals surface area (Å²) in [6.07, 6.45) is 0.726. The summed E-state index contributed by atoms with van der Waals surface area (Å²) in [7, 11) is -1.94. The Morgan fingerprint density at radius 2 is 2.19 bits per heavy atom. The fourth-order valence-electron chi connectivity index (χ4n) is 2.66. The van der Waals surface area contributed by atoms with Gasteiger partial charge in [-0.15, -0.1) is 0 Å². The largest absolute Gasteiger partial charge is 0.380 e. The number of nitrogens with zero attached hydrogens (tertiary/aromatic N) is 3. The lowest BCUT2D eigenvalue weighted by molar-refractivity contribution is 0.0184. The van der Waals surface area contributed by atoms with E-state index in [4.69, 9.17) is 4.74 Å². The van der Waals surface area contributed by atoms with Gasteiger partial charge in [0.25, 0.3) is 0 Å². The SMILES string of the molecule is COC1CN(S(=O)(=O)c2cccc3nsnc23)CCC1C. The molecular formula is C13H17N3O3S2. The summed E-state index contributed by atoms with van der Waals surface area (Å²) in [5.74, 6) is 0.359. The van der Waals surface area contributed by atoms with Crippen LogP contribution >= 0.6 is 11.7 Å². The van der Waals surface area contributed by atoms with Gasteiger partial charge in [-0.05, 0) is 24.5 Å². The summed E-state index contributed by atoms with van der Waals surface area (Å²) in [6.45, 7) is 2.98. The first-order valence-electron chi connectivity index (χ1n) is 6.78. The first-order valence-corrected chi connectivity index (χ1v) is 8.95. The molecule has 0 bridgehead atoms. The summed E-state index contributed by atoms with van der Waals surface area (Å²) in [5.41, 5.74) is 1.07. The number of hydrogen-bond donors (Lipinski definition) is 0. The molecule has 1 aliphatic rings. The van der Waals surface area contributed by atoms with Crippen LogP contribution in [0.15, 0.2) is 23.1 Å². The average molecular weight is 327 g/mol. The number of sulfonamides is 1. The Morgan fingerprint density at radius 3 is 2.95 bits per heavy atom. The van der Waals surface area contributed by atoms with Gasteiger partial charge < -0.3 is 4.74 Å². The van der Waals surface area contributed by atoms with Crippen LogP contribution in [0.5, 0.6) is 0 Å². The van der Waals surface area contributed by atoms with Gasteiger partial charge in [0.2, 0.25) is 10.0 Å². The zero-order valence-corrected chi connectivity index (χ0v) is 13.5. The van der Waals surface area contributed by atoms with E-state index in [9.17, 15) is 8.42 Å². The van der Waals surface area contributed by atoms with Crippen LogP contribution < -0.4 is 0 Å². The van der Waals surface area contributed by atoms with E-state index in [1.807, 2.05) is 0 Å². The molecule has 8 heteroatoms. The van der Waals surface area contributed by atoms with E-state index < -0.39 is 10.0 Å². The number of fused-ring (bicyclic) bond motifs is 1. The fourth-order valence-corrected chi connectivity index (χ4v) is 4.88. The van der Waals surface area contributed by atoms with Gasteiger partial charge >= 0.3 is 0 Å². The van der Waals surface area contributed by atoms with Gasteiger partial charge in [-0.2, -0.15) is 13.1 Å². The zero-order chi connectivity index (χ0) is 15.0. The Balaban J connectivity index is 1.99. The third-order valence-corrected chi connectivity index (χ3v) is 6.46. The zero-order valence-electron chi connectivity index (χ0n) is 11.9. The van der Waals surface area contributed by atoms with Crippen molar-refractivity contribution in [2.45, 2.75) is 24.3 Å². The van der Waals surface area contributed by atoms with Gasteiger partial charge in [0.05, 0.1) is 17.8 Å². The second-order valence-electron chi connectivity index (χ2n) is 5.29. The van der Waals surface area contributed by atoms with Crippen LogP contribution in [0.25, 0.3) is 11.0 Å². The Labute approximate surface area is 128 Å². The van der Waals surface area contributed by atoms with Crippen molar-refractivity contribution in [1.82, 2.24) is 13.1 Å². The van der Waals surface area contributed by atoms with Gasteiger partial charge in [0, 0.05) is 20.2 Å². The van der Waals surface area contributed by atoms with E-state index in [1.165, 1.54) is 4.31 Å². The number of methoxy groups -OCH3 is 1. The molecule has 1 fully saturated rings. The van der Waals surface area contributed by atoms with E-state index in [-0.39, 0.29) is 11.0 Å². The molecule has 1 aliphatic heterocycles. The molecule has 2 heterocycles. The maximum absolute atomic E-state index is 12.9. The lowest BCUT2D eigenvalue weighted by atomic mass is 9.97. The fraction of sp³-hybridized carbons (Fsp3) is 0.538. The molecule has 21 heavy (non-hydrogen) atoms. The molecule has 114 valence electrons. The second-order valence-corrected chi connectivity index (χ2v) is 7.73. The van der Waals surface area contributed by atoms with Crippen LogP contribution in [0.3, 0.4) is 0 Å². The number of rotatable bonds is 3. The van der Waals surface area contributed by atoms with Gasteiger partial charge in [0.1, 0.15) is 15.9 Å². The topological polar surface area (TPSA) is 72.4 Å². The van der Waals surface area contributed by atoms with Crippen molar-refractivity contribution in [1.29, 1.82) is 0 Å². The van der Waals surface area contributed by atoms with E-state index in [1.54, 1.807) is 25.3 Å². The van der Waals surface area contributed by atoms with E-state index in [0.29, 0.717) is 30.0 Å². The molecule has 0 amide bonds. The monoisotopic (exact) mass is 327 g/mol. The van der Waals surface area contributed by atoms with Crippen molar-refractivity contribution in [3.8, 4) is 0 Å². The molecule has 1 saturated heterocycles. The number of piperidine rings is 1. The maximum atomic E-state index is 12.9. The van der Waals surface area contributed by atoms with Crippen molar-refractivity contribution in [2.75, 3.05) is 20.2 Å². The Bertz CT molecular complexity index is 744. The molecule has 2 atom stereocenters. The first-order chi connectivity index (χ1) is 10.0. The third kappa shape index (κ3) is 2.57. The van der Waals surface area contributed by atoms with Crippen molar-refractivity contribution < 1.29 is 13.2 Å². The van der Waals surface area contributed by atoms with Gasteiger partial charge in [-0.3, -0.25) is 0 Å². The maximum Gasteiger partial charge on any atom is 0.245 e. The summed E-state index contributed by atoms with van der Waals surface area (Å²) in [4.78, 5) is 0.234. The standard InChI is InChI=1S/C13H17N3O3S2/c1-9-6-7-16(8-11(9)19-2)21(17,18)12-5-3-4-10-13(12)15-20-14-10/h3-5,9,11H,6-8H2,1-2H3. The molecule has 0 radical (unpaired) electrons. The second kappa shape index (κ2) is 5.60. The molecule has 3 rings (SSSR count).